The number of anilines is 1. The summed E-state index contributed by atoms with van der Waals surface area (Å²) in [6.45, 7) is 6.93. The third-order valence-electron chi connectivity index (χ3n) is 4.51. The van der Waals surface area contributed by atoms with Crippen molar-refractivity contribution < 1.29 is 4.79 Å². The number of amides is 1. The Morgan fingerprint density at radius 3 is 2.85 bits per heavy atom. The minimum Gasteiger partial charge on any atom is -0.315 e. The van der Waals surface area contributed by atoms with Crippen LogP contribution >= 0.6 is 12.4 Å². The maximum atomic E-state index is 13.0. The summed E-state index contributed by atoms with van der Waals surface area (Å²) in [5.41, 5.74) is 3.39. The van der Waals surface area contributed by atoms with Crippen LogP contribution in [0.2, 0.25) is 0 Å². The van der Waals surface area contributed by atoms with Crippen molar-refractivity contribution in [2.75, 3.05) is 24.5 Å². The SMILES string of the molecule is CCCN1C(=O)[C@@]2(CCCNC2)c2c(C)cccc21.Cl. The molecule has 1 N–H and O–H groups in total. The zero-order chi connectivity index (χ0) is 13.5. The van der Waals surface area contributed by atoms with E-state index < -0.39 is 0 Å². The zero-order valence-corrected chi connectivity index (χ0v) is 13.1. The van der Waals surface area contributed by atoms with Crippen LogP contribution in [0.25, 0.3) is 0 Å². The summed E-state index contributed by atoms with van der Waals surface area (Å²) in [5, 5.41) is 3.43. The summed E-state index contributed by atoms with van der Waals surface area (Å²) in [6.07, 6.45) is 3.07. The second-order valence-electron chi connectivity index (χ2n) is 5.79. The standard InChI is InChI=1S/C16H22N2O.ClH/c1-3-10-18-13-7-4-6-12(2)14(13)16(15(18)19)8-5-9-17-11-16;/h4,6-7,17H,3,5,8-11H2,1-2H3;1H/t16-;/m1./s1. The molecule has 0 bridgehead atoms. The van der Waals surface area contributed by atoms with Gasteiger partial charge in [-0.25, -0.2) is 0 Å². The second kappa shape index (κ2) is 5.74. The molecule has 0 saturated carbocycles. The van der Waals surface area contributed by atoms with Crippen LogP contribution in [0.3, 0.4) is 0 Å². The van der Waals surface area contributed by atoms with Crippen LogP contribution in [0.15, 0.2) is 18.2 Å². The third-order valence-corrected chi connectivity index (χ3v) is 4.51. The Kier molecular flexibility index (Phi) is 4.40. The van der Waals surface area contributed by atoms with Crippen LogP contribution in [-0.4, -0.2) is 25.5 Å². The fourth-order valence-electron chi connectivity index (χ4n) is 3.72. The maximum absolute atomic E-state index is 13.0. The molecule has 1 aromatic carbocycles. The molecule has 0 unspecified atom stereocenters. The Morgan fingerprint density at radius 1 is 1.40 bits per heavy atom. The molecule has 4 heteroatoms. The predicted octanol–water partition coefficient (Wildman–Crippen LogP) is 2.79. The number of carbonyl (C=O) groups is 1. The van der Waals surface area contributed by atoms with Gasteiger partial charge < -0.3 is 10.2 Å². The molecule has 110 valence electrons. The number of piperidine rings is 1. The molecule has 2 aliphatic rings. The summed E-state index contributed by atoms with van der Waals surface area (Å²) in [7, 11) is 0. The van der Waals surface area contributed by atoms with Crippen LogP contribution in [-0.2, 0) is 10.2 Å². The Hall–Kier alpha value is -1.06. The van der Waals surface area contributed by atoms with Gasteiger partial charge in [0.15, 0.2) is 0 Å². The molecule has 1 spiro atoms. The number of benzene rings is 1. The maximum Gasteiger partial charge on any atom is 0.239 e. The van der Waals surface area contributed by atoms with E-state index in [1.807, 2.05) is 4.90 Å². The second-order valence-corrected chi connectivity index (χ2v) is 5.79. The monoisotopic (exact) mass is 294 g/mol. The highest BCUT2D eigenvalue weighted by Gasteiger charge is 2.51. The summed E-state index contributed by atoms with van der Waals surface area (Å²) in [4.78, 5) is 15.0. The number of fused-ring (bicyclic) bond motifs is 2. The first-order valence-corrected chi connectivity index (χ1v) is 7.33. The average Bonchev–Trinajstić information content (AvgIpc) is 2.64. The summed E-state index contributed by atoms with van der Waals surface area (Å²) < 4.78 is 0. The highest BCUT2D eigenvalue weighted by atomic mass is 35.5. The highest BCUT2D eigenvalue weighted by molar-refractivity contribution is 6.08. The molecular formula is C16H23ClN2O. The first kappa shape index (κ1) is 15.3. The quantitative estimate of drug-likeness (QED) is 0.910. The van der Waals surface area contributed by atoms with E-state index in [2.05, 4.69) is 37.4 Å². The number of rotatable bonds is 2. The summed E-state index contributed by atoms with van der Waals surface area (Å²) in [6, 6.07) is 6.32. The number of hydrogen-bond donors (Lipinski definition) is 1. The van der Waals surface area contributed by atoms with E-state index in [0.29, 0.717) is 5.91 Å². The van der Waals surface area contributed by atoms with Gasteiger partial charge >= 0.3 is 0 Å². The van der Waals surface area contributed by atoms with Crippen LogP contribution in [0.1, 0.15) is 37.3 Å². The first-order valence-electron chi connectivity index (χ1n) is 7.33. The van der Waals surface area contributed by atoms with Gasteiger partial charge in [-0.1, -0.05) is 19.1 Å². The molecule has 1 amide bonds. The minimum absolute atomic E-state index is 0. The molecule has 2 heterocycles. The van der Waals surface area contributed by atoms with Crippen molar-refractivity contribution in [3.63, 3.8) is 0 Å². The molecule has 2 aliphatic heterocycles. The normalized spacial score (nSPS) is 24.7. The first-order chi connectivity index (χ1) is 9.20. The van der Waals surface area contributed by atoms with Crippen LogP contribution < -0.4 is 10.2 Å². The van der Waals surface area contributed by atoms with Crippen molar-refractivity contribution in [1.29, 1.82) is 0 Å². The Bertz CT molecular complexity index is 509. The van der Waals surface area contributed by atoms with Gasteiger partial charge in [-0.15, -0.1) is 12.4 Å². The van der Waals surface area contributed by atoms with Crippen molar-refractivity contribution in [2.45, 2.75) is 38.5 Å². The van der Waals surface area contributed by atoms with Gasteiger partial charge in [0.25, 0.3) is 0 Å². The van der Waals surface area contributed by atoms with Gasteiger partial charge in [0.05, 0.1) is 5.41 Å². The fourth-order valence-corrected chi connectivity index (χ4v) is 3.72. The van der Waals surface area contributed by atoms with E-state index in [-0.39, 0.29) is 17.8 Å². The number of hydrogen-bond acceptors (Lipinski definition) is 2. The molecule has 0 radical (unpaired) electrons. The molecule has 0 aliphatic carbocycles. The summed E-state index contributed by atoms with van der Waals surface area (Å²) >= 11 is 0. The Labute approximate surface area is 127 Å². The zero-order valence-electron chi connectivity index (χ0n) is 12.2. The van der Waals surface area contributed by atoms with Crippen molar-refractivity contribution in [1.82, 2.24) is 5.32 Å². The van der Waals surface area contributed by atoms with E-state index in [4.69, 9.17) is 0 Å². The van der Waals surface area contributed by atoms with E-state index in [1.165, 1.54) is 11.1 Å². The van der Waals surface area contributed by atoms with Crippen LogP contribution in [0, 0.1) is 6.92 Å². The van der Waals surface area contributed by atoms with Crippen molar-refractivity contribution in [3.8, 4) is 0 Å². The topological polar surface area (TPSA) is 32.3 Å². The molecule has 20 heavy (non-hydrogen) atoms. The lowest BCUT2D eigenvalue weighted by atomic mass is 9.74. The van der Waals surface area contributed by atoms with E-state index in [0.717, 1.165) is 44.6 Å². The predicted molar refractivity (Wildman–Crippen MR) is 84.9 cm³/mol. The molecule has 3 nitrogen and oxygen atoms in total. The lowest BCUT2D eigenvalue weighted by molar-refractivity contribution is -0.123. The number of carbonyl (C=O) groups excluding carboxylic acids is 1. The van der Waals surface area contributed by atoms with Gasteiger partial charge in [-0.3, -0.25) is 4.79 Å². The Morgan fingerprint density at radius 2 is 2.20 bits per heavy atom. The fraction of sp³-hybridized carbons (Fsp3) is 0.562. The third kappa shape index (κ3) is 2.04. The number of nitrogens with one attached hydrogen (secondary N) is 1. The van der Waals surface area contributed by atoms with E-state index in [1.54, 1.807) is 0 Å². The van der Waals surface area contributed by atoms with Gasteiger partial charge in [0.1, 0.15) is 0 Å². The smallest absolute Gasteiger partial charge is 0.239 e. The van der Waals surface area contributed by atoms with Crippen LogP contribution in [0.5, 0.6) is 0 Å². The largest absolute Gasteiger partial charge is 0.315 e. The Balaban J connectivity index is 0.00000147. The molecule has 3 rings (SSSR count). The lowest BCUT2D eigenvalue weighted by Crippen LogP contribution is -2.50. The van der Waals surface area contributed by atoms with Gasteiger partial charge in [0, 0.05) is 18.8 Å². The number of nitrogens with zero attached hydrogens (tertiary/aromatic N) is 1. The highest BCUT2D eigenvalue weighted by Crippen LogP contribution is 2.47. The molecule has 1 aromatic rings. The van der Waals surface area contributed by atoms with Crippen molar-refractivity contribution in [3.05, 3.63) is 29.3 Å². The van der Waals surface area contributed by atoms with Crippen molar-refractivity contribution >= 4 is 24.0 Å². The van der Waals surface area contributed by atoms with Gasteiger partial charge in [0.2, 0.25) is 5.91 Å². The van der Waals surface area contributed by atoms with Gasteiger partial charge in [-0.05, 0) is 49.9 Å². The van der Waals surface area contributed by atoms with Crippen molar-refractivity contribution in [2.24, 2.45) is 0 Å². The molecular weight excluding hydrogens is 272 g/mol. The molecule has 1 atom stereocenters. The van der Waals surface area contributed by atoms with Crippen LogP contribution in [0.4, 0.5) is 5.69 Å². The van der Waals surface area contributed by atoms with Gasteiger partial charge in [-0.2, -0.15) is 0 Å². The van der Waals surface area contributed by atoms with E-state index in [9.17, 15) is 4.79 Å². The minimum atomic E-state index is -0.298. The lowest BCUT2D eigenvalue weighted by Gasteiger charge is -2.33. The molecule has 1 saturated heterocycles. The van der Waals surface area contributed by atoms with E-state index >= 15 is 0 Å². The summed E-state index contributed by atoms with van der Waals surface area (Å²) in [5.74, 6) is 0.311. The number of aryl methyl sites for hydroxylation is 1. The number of halogens is 1. The molecule has 1 fully saturated rings. The molecule has 0 aromatic heterocycles. The average molecular weight is 295 g/mol.